The van der Waals surface area contributed by atoms with Gasteiger partial charge >= 0.3 is 12.1 Å². The smallest absolute Gasteiger partial charge is 0.407 e. The number of hydrogen-bond donors (Lipinski definition) is 2. The number of carbonyl (C=O) groups is 5. The molecular formula is C31H39N3O7. The van der Waals surface area contributed by atoms with Gasteiger partial charge in [0.05, 0.1) is 17.7 Å². The molecule has 0 atom stereocenters. The lowest BCUT2D eigenvalue weighted by Crippen LogP contribution is -2.43. The number of anilines is 1. The van der Waals surface area contributed by atoms with Gasteiger partial charge in [-0.3, -0.25) is 19.2 Å². The summed E-state index contributed by atoms with van der Waals surface area (Å²) in [6.07, 6.45) is 2.22. The number of aryl methyl sites for hydroxylation is 3. The largest absolute Gasteiger partial charge is 0.481 e. The predicted molar refractivity (Wildman–Crippen MR) is 154 cm³/mol. The molecule has 0 bridgehead atoms. The van der Waals surface area contributed by atoms with E-state index in [0.29, 0.717) is 24.1 Å². The molecule has 0 saturated carbocycles. The lowest BCUT2D eigenvalue weighted by Gasteiger charge is -2.22. The van der Waals surface area contributed by atoms with Gasteiger partial charge in [-0.15, -0.1) is 0 Å². The zero-order chi connectivity index (χ0) is 30.3. The van der Waals surface area contributed by atoms with E-state index < -0.39 is 41.9 Å². The van der Waals surface area contributed by atoms with Crippen molar-refractivity contribution in [2.24, 2.45) is 0 Å². The summed E-state index contributed by atoms with van der Waals surface area (Å²) in [5.74, 6) is -2.72. The summed E-state index contributed by atoms with van der Waals surface area (Å²) in [5, 5.41) is 11.9. The monoisotopic (exact) mass is 565 g/mol. The van der Waals surface area contributed by atoms with Crippen LogP contribution in [0, 0.1) is 13.8 Å². The van der Waals surface area contributed by atoms with Gasteiger partial charge in [0.2, 0.25) is 0 Å². The van der Waals surface area contributed by atoms with Crippen LogP contribution in [0.2, 0.25) is 0 Å². The average Bonchev–Trinajstić information content (AvgIpc) is 2.97. The summed E-state index contributed by atoms with van der Waals surface area (Å²) in [7, 11) is 0. The molecule has 1 aliphatic rings. The number of benzene rings is 2. The van der Waals surface area contributed by atoms with E-state index in [1.807, 2.05) is 13.0 Å². The van der Waals surface area contributed by atoms with Crippen LogP contribution < -0.4 is 10.2 Å². The number of imide groups is 1. The quantitative estimate of drug-likeness (QED) is 0.317. The van der Waals surface area contributed by atoms with Crippen molar-refractivity contribution in [2.75, 3.05) is 24.5 Å². The van der Waals surface area contributed by atoms with Crippen LogP contribution >= 0.6 is 0 Å². The fraction of sp³-hybridized carbons (Fsp3) is 0.452. The van der Waals surface area contributed by atoms with Crippen LogP contribution in [0.4, 0.5) is 10.5 Å². The number of nitrogens with zero attached hydrogens (tertiary/aromatic N) is 2. The number of carboxylic acids is 1. The number of hydrogen-bond acceptors (Lipinski definition) is 6. The summed E-state index contributed by atoms with van der Waals surface area (Å²) < 4.78 is 5.23. The molecule has 220 valence electrons. The van der Waals surface area contributed by atoms with Gasteiger partial charge in [-0.05, 0) is 83.2 Å². The third-order valence-corrected chi connectivity index (χ3v) is 6.62. The molecule has 0 radical (unpaired) electrons. The molecule has 41 heavy (non-hydrogen) atoms. The summed E-state index contributed by atoms with van der Waals surface area (Å²) in [6.45, 7) is 9.03. The molecule has 2 aromatic rings. The van der Waals surface area contributed by atoms with Gasteiger partial charge in [0.1, 0.15) is 12.1 Å². The highest BCUT2D eigenvalue weighted by Gasteiger charge is 2.36. The maximum absolute atomic E-state index is 13.7. The Morgan fingerprint density at radius 1 is 1.00 bits per heavy atom. The molecule has 0 aromatic heterocycles. The Hall–Kier alpha value is -4.21. The molecule has 10 nitrogen and oxygen atoms in total. The van der Waals surface area contributed by atoms with E-state index >= 15 is 0 Å². The third-order valence-electron chi connectivity index (χ3n) is 6.62. The number of rotatable bonds is 10. The first kappa shape index (κ1) is 31.3. The van der Waals surface area contributed by atoms with Gasteiger partial charge in [0, 0.05) is 18.7 Å². The van der Waals surface area contributed by atoms with Crippen molar-refractivity contribution in [1.29, 1.82) is 0 Å². The molecule has 1 heterocycles. The van der Waals surface area contributed by atoms with E-state index in [1.54, 1.807) is 58.0 Å². The molecule has 0 unspecified atom stereocenters. The van der Waals surface area contributed by atoms with E-state index in [2.05, 4.69) is 5.32 Å². The number of fused-ring (bicyclic) bond motifs is 1. The van der Waals surface area contributed by atoms with Crippen molar-refractivity contribution in [3.05, 3.63) is 64.2 Å². The molecule has 10 heteroatoms. The van der Waals surface area contributed by atoms with Crippen LogP contribution in [-0.4, -0.2) is 65.0 Å². The van der Waals surface area contributed by atoms with Crippen LogP contribution in [0.25, 0.3) is 0 Å². The number of carbonyl (C=O) groups excluding carboxylic acids is 4. The van der Waals surface area contributed by atoms with Crippen molar-refractivity contribution >= 4 is 35.5 Å². The zero-order valence-corrected chi connectivity index (χ0v) is 24.4. The second kappa shape index (κ2) is 13.4. The molecule has 4 amide bonds. The average molecular weight is 566 g/mol. The van der Waals surface area contributed by atoms with Gasteiger partial charge < -0.3 is 20.1 Å². The van der Waals surface area contributed by atoms with Crippen LogP contribution in [0.5, 0.6) is 0 Å². The second-order valence-corrected chi connectivity index (χ2v) is 11.3. The highest BCUT2D eigenvalue weighted by atomic mass is 16.6. The van der Waals surface area contributed by atoms with Crippen molar-refractivity contribution in [3.8, 4) is 0 Å². The number of nitrogens with one attached hydrogen (secondary N) is 1. The predicted octanol–water partition coefficient (Wildman–Crippen LogP) is 4.64. The van der Waals surface area contributed by atoms with Crippen LogP contribution in [-0.2, 0) is 20.7 Å². The molecule has 1 aliphatic heterocycles. The summed E-state index contributed by atoms with van der Waals surface area (Å²) in [4.78, 5) is 65.8. The lowest BCUT2D eigenvalue weighted by molar-refractivity contribution is -0.137. The Morgan fingerprint density at radius 3 is 2.39 bits per heavy atom. The Labute approximate surface area is 240 Å². The lowest BCUT2D eigenvalue weighted by atomic mass is 10.0. The maximum Gasteiger partial charge on any atom is 0.407 e. The van der Waals surface area contributed by atoms with Crippen LogP contribution in [0.3, 0.4) is 0 Å². The highest BCUT2D eigenvalue weighted by Crippen LogP contribution is 2.30. The number of aliphatic carboxylic acids is 1. The molecule has 2 N–H and O–H groups in total. The van der Waals surface area contributed by atoms with Gasteiger partial charge in [0.25, 0.3) is 17.7 Å². The summed E-state index contributed by atoms with van der Waals surface area (Å²) in [6, 6.07) is 10.4. The maximum atomic E-state index is 13.7. The summed E-state index contributed by atoms with van der Waals surface area (Å²) >= 11 is 0. The van der Waals surface area contributed by atoms with Gasteiger partial charge in [0.15, 0.2) is 0 Å². The van der Waals surface area contributed by atoms with Crippen molar-refractivity contribution in [3.63, 3.8) is 0 Å². The standard InChI is InChI=1S/C31H39N3O7/c1-20-10-12-23(21(2)17-20)29(39)34-25-13-11-22(9-7-6-8-15-32-30(40)41-31(3,4)5)18-24(25)28(38)33(19-26(34)35)16-14-27(36)37/h10-13,17-18H,6-9,14-16,19H2,1-5H3,(H,32,40)(H,36,37). The van der Waals surface area contributed by atoms with Crippen molar-refractivity contribution < 1.29 is 33.8 Å². The Kier molecular flexibility index (Phi) is 10.3. The highest BCUT2D eigenvalue weighted by molar-refractivity contribution is 6.25. The molecule has 3 rings (SSSR count). The van der Waals surface area contributed by atoms with E-state index in [1.165, 1.54) is 4.90 Å². The minimum Gasteiger partial charge on any atom is -0.481 e. The Morgan fingerprint density at radius 2 is 1.73 bits per heavy atom. The minimum atomic E-state index is -1.09. The Bertz CT molecular complexity index is 1330. The first-order chi connectivity index (χ1) is 19.3. The van der Waals surface area contributed by atoms with E-state index in [4.69, 9.17) is 9.84 Å². The topological polar surface area (TPSA) is 133 Å². The first-order valence-electron chi connectivity index (χ1n) is 13.8. The number of unbranched alkanes of at least 4 members (excludes halogenated alkanes) is 2. The number of amides is 4. The van der Waals surface area contributed by atoms with Crippen molar-refractivity contribution in [1.82, 2.24) is 10.2 Å². The fourth-order valence-electron chi connectivity index (χ4n) is 4.66. The zero-order valence-electron chi connectivity index (χ0n) is 24.4. The van der Waals surface area contributed by atoms with Gasteiger partial charge in [-0.25, -0.2) is 9.69 Å². The van der Waals surface area contributed by atoms with Gasteiger partial charge in [-0.2, -0.15) is 0 Å². The number of alkyl carbamates (subject to hydrolysis) is 1. The second-order valence-electron chi connectivity index (χ2n) is 11.3. The molecular weight excluding hydrogens is 526 g/mol. The molecule has 0 aliphatic carbocycles. The minimum absolute atomic E-state index is 0.153. The fourth-order valence-corrected chi connectivity index (χ4v) is 4.66. The van der Waals surface area contributed by atoms with Crippen LogP contribution in [0.1, 0.15) is 83.9 Å². The molecule has 2 aromatic carbocycles. The molecule has 0 spiro atoms. The third kappa shape index (κ3) is 8.64. The molecule has 0 fully saturated rings. The SMILES string of the molecule is Cc1ccc(C(=O)N2C(=O)CN(CCC(=O)O)C(=O)c3cc(CCCCCNC(=O)OC(C)(C)C)ccc32)c(C)c1. The number of carboxylic acid groups (broad SMARTS) is 1. The molecule has 0 saturated heterocycles. The summed E-state index contributed by atoms with van der Waals surface area (Å²) in [5.41, 5.74) is 2.70. The van der Waals surface area contributed by atoms with Crippen molar-refractivity contribution in [2.45, 2.75) is 72.3 Å². The Balaban J connectivity index is 1.79. The van der Waals surface area contributed by atoms with E-state index in [0.717, 1.165) is 35.3 Å². The van der Waals surface area contributed by atoms with Crippen LogP contribution in [0.15, 0.2) is 36.4 Å². The van der Waals surface area contributed by atoms with E-state index in [-0.39, 0.29) is 24.2 Å². The number of ether oxygens (including phenoxy) is 1. The first-order valence-corrected chi connectivity index (χ1v) is 13.8. The van der Waals surface area contributed by atoms with E-state index in [9.17, 15) is 24.0 Å². The normalized spacial score (nSPS) is 13.5. The van der Waals surface area contributed by atoms with Gasteiger partial charge in [-0.1, -0.05) is 30.2 Å².